The lowest BCUT2D eigenvalue weighted by atomic mass is 9.98. The van der Waals surface area contributed by atoms with Gasteiger partial charge in [0.15, 0.2) is 0 Å². The molecule has 1 N–H and O–H groups in total. The van der Waals surface area contributed by atoms with E-state index in [4.69, 9.17) is 21.1 Å². The highest BCUT2D eigenvalue weighted by Crippen LogP contribution is 2.23. The van der Waals surface area contributed by atoms with E-state index in [2.05, 4.69) is 21.4 Å². The van der Waals surface area contributed by atoms with E-state index in [1.165, 1.54) is 6.33 Å². The van der Waals surface area contributed by atoms with Gasteiger partial charge in [0.05, 0.1) is 18.4 Å². The molecule has 3 heterocycles. The first-order chi connectivity index (χ1) is 16.0. The molecule has 4 rings (SSSR count). The van der Waals surface area contributed by atoms with Crippen molar-refractivity contribution in [3.8, 4) is 0 Å². The third kappa shape index (κ3) is 5.54. The average molecular weight is 473 g/mol. The molecule has 2 aliphatic rings. The number of amides is 1. The summed E-state index contributed by atoms with van der Waals surface area (Å²) in [5.74, 6) is -0.0155. The molecule has 0 bridgehead atoms. The number of hydrogen-bond donors (Lipinski definition) is 1. The van der Waals surface area contributed by atoms with Crippen LogP contribution in [0.15, 0.2) is 24.5 Å². The van der Waals surface area contributed by atoms with E-state index in [9.17, 15) is 4.79 Å². The molecular weight excluding hydrogens is 440 g/mol. The van der Waals surface area contributed by atoms with Gasteiger partial charge < -0.3 is 19.7 Å². The fourth-order valence-corrected chi connectivity index (χ4v) is 4.94. The lowest BCUT2D eigenvalue weighted by Crippen LogP contribution is -2.54. The molecule has 0 saturated carbocycles. The fraction of sp³-hybridized carbons (Fsp3) is 0.560. The first-order valence-corrected chi connectivity index (χ1v) is 12.1. The highest BCUT2D eigenvalue weighted by molar-refractivity contribution is 6.31. The zero-order valence-corrected chi connectivity index (χ0v) is 20.4. The minimum absolute atomic E-state index is 0.0155. The van der Waals surface area contributed by atoms with Gasteiger partial charge in [-0.3, -0.25) is 4.79 Å². The predicted octanol–water partition coefficient (Wildman–Crippen LogP) is 3.34. The maximum atomic E-state index is 13.3. The van der Waals surface area contributed by atoms with Crippen molar-refractivity contribution >= 4 is 17.5 Å². The highest BCUT2D eigenvalue weighted by atomic mass is 35.5. The van der Waals surface area contributed by atoms with Crippen LogP contribution >= 0.6 is 11.6 Å². The van der Waals surface area contributed by atoms with E-state index in [1.54, 1.807) is 7.11 Å². The molecule has 2 fully saturated rings. The van der Waals surface area contributed by atoms with Crippen LogP contribution < -0.4 is 5.32 Å². The average Bonchev–Trinajstić information content (AvgIpc) is 2.83. The Hall–Kier alpha value is -2.06. The normalized spacial score (nSPS) is 21.9. The predicted molar refractivity (Wildman–Crippen MR) is 128 cm³/mol. The molecule has 33 heavy (non-hydrogen) atoms. The van der Waals surface area contributed by atoms with Crippen molar-refractivity contribution in [3.63, 3.8) is 0 Å². The van der Waals surface area contributed by atoms with Crippen molar-refractivity contribution in [3.05, 3.63) is 57.6 Å². The summed E-state index contributed by atoms with van der Waals surface area (Å²) in [7, 11) is 1.74. The van der Waals surface area contributed by atoms with Crippen LogP contribution in [0.3, 0.4) is 0 Å². The summed E-state index contributed by atoms with van der Waals surface area (Å²) in [6, 6.07) is 6.56. The van der Waals surface area contributed by atoms with Crippen molar-refractivity contribution in [1.82, 2.24) is 20.2 Å². The smallest absolute Gasteiger partial charge is 0.272 e. The summed E-state index contributed by atoms with van der Waals surface area (Å²) in [6.07, 6.45) is 4.99. The van der Waals surface area contributed by atoms with Gasteiger partial charge in [-0.1, -0.05) is 23.7 Å². The van der Waals surface area contributed by atoms with Crippen LogP contribution in [0.4, 0.5) is 0 Å². The summed E-state index contributed by atoms with van der Waals surface area (Å²) in [5, 5.41) is 4.48. The van der Waals surface area contributed by atoms with Crippen LogP contribution in [-0.2, 0) is 15.9 Å². The van der Waals surface area contributed by atoms with E-state index in [-0.39, 0.29) is 12.0 Å². The molecule has 2 unspecified atom stereocenters. The minimum atomic E-state index is -0.0155. The first-order valence-electron chi connectivity index (χ1n) is 11.7. The Bertz CT molecular complexity index is 978. The number of carbonyl (C=O) groups excluding carboxylic acids is 1. The van der Waals surface area contributed by atoms with Crippen molar-refractivity contribution in [1.29, 1.82) is 0 Å². The summed E-state index contributed by atoms with van der Waals surface area (Å²) in [6.45, 7) is 6.77. The largest absolute Gasteiger partial charge is 0.379 e. The van der Waals surface area contributed by atoms with E-state index in [0.717, 1.165) is 53.3 Å². The zero-order valence-electron chi connectivity index (χ0n) is 19.6. The van der Waals surface area contributed by atoms with Gasteiger partial charge in [0, 0.05) is 55.9 Å². The Morgan fingerprint density at radius 1 is 1.21 bits per heavy atom. The Morgan fingerprint density at radius 3 is 2.76 bits per heavy atom. The van der Waals surface area contributed by atoms with Gasteiger partial charge in [-0.2, -0.15) is 0 Å². The van der Waals surface area contributed by atoms with Crippen molar-refractivity contribution < 1.29 is 14.3 Å². The van der Waals surface area contributed by atoms with Gasteiger partial charge in [0.2, 0.25) is 0 Å². The molecule has 2 aromatic rings. The quantitative estimate of drug-likeness (QED) is 0.694. The molecular formula is C25H33ClN4O3. The second kappa shape index (κ2) is 10.9. The fourth-order valence-electron chi connectivity index (χ4n) is 4.74. The van der Waals surface area contributed by atoms with Crippen molar-refractivity contribution in [2.45, 2.75) is 57.7 Å². The van der Waals surface area contributed by atoms with Gasteiger partial charge in [-0.25, -0.2) is 9.97 Å². The lowest BCUT2D eigenvalue weighted by molar-refractivity contribution is -0.0533. The number of ether oxygens (including phenoxy) is 2. The van der Waals surface area contributed by atoms with Crippen LogP contribution in [0.25, 0.3) is 0 Å². The van der Waals surface area contributed by atoms with Gasteiger partial charge in [-0.05, 0) is 50.3 Å². The number of nitrogens with one attached hydrogen (secondary N) is 1. The van der Waals surface area contributed by atoms with Gasteiger partial charge in [0.25, 0.3) is 5.91 Å². The maximum absolute atomic E-state index is 13.3. The summed E-state index contributed by atoms with van der Waals surface area (Å²) >= 11 is 6.28. The Balaban J connectivity index is 1.39. The third-order valence-corrected chi connectivity index (χ3v) is 7.38. The number of hydrogen-bond acceptors (Lipinski definition) is 6. The number of benzene rings is 1. The van der Waals surface area contributed by atoms with Crippen LogP contribution in [0.5, 0.6) is 0 Å². The summed E-state index contributed by atoms with van der Waals surface area (Å²) < 4.78 is 11.1. The molecule has 1 aromatic carbocycles. The molecule has 0 radical (unpaired) electrons. The monoisotopic (exact) mass is 472 g/mol. The molecule has 1 aromatic heterocycles. The van der Waals surface area contributed by atoms with E-state index in [1.807, 2.05) is 30.9 Å². The molecule has 2 saturated heterocycles. The topological polar surface area (TPSA) is 76.6 Å². The maximum Gasteiger partial charge on any atom is 0.272 e. The number of piperidine rings is 1. The minimum Gasteiger partial charge on any atom is -0.379 e. The van der Waals surface area contributed by atoms with Crippen LogP contribution in [0, 0.1) is 13.8 Å². The summed E-state index contributed by atoms with van der Waals surface area (Å²) in [4.78, 5) is 24.0. The number of methoxy groups -OCH3 is 1. The van der Waals surface area contributed by atoms with Crippen LogP contribution in [0.2, 0.25) is 5.02 Å². The molecule has 7 nitrogen and oxygen atoms in total. The standard InChI is InChI=1S/C25H33ClN4O3/c1-16-18(5-4-6-20(16)26)13-22-17(2)24(28-15-27-22)25(31)30-10-7-19(8-11-30)29-21-9-12-33-14-23(21)32-3/h4-6,15,19,21,23,29H,7-14H2,1-3H3. The SMILES string of the molecule is COC1COCCC1NC1CCN(C(=O)c2ncnc(Cc3cccc(Cl)c3C)c2C)CC1. The number of aromatic nitrogens is 2. The molecule has 178 valence electrons. The number of nitrogens with zero attached hydrogens (tertiary/aromatic N) is 3. The Kier molecular flexibility index (Phi) is 7.96. The molecule has 8 heteroatoms. The van der Waals surface area contributed by atoms with Crippen LogP contribution in [0.1, 0.15) is 52.1 Å². The van der Waals surface area contributed by atoms with Gasteiger partial charge in [-0.15, -0.1) is 0 Å². The number of carbonyl (C=O) groups is 1. The number of halogens is 1. The highest BCUT2D eigenvalue weighted by Gasteiger charge is 2.31. The second-order valence-electron chi connectivity index (χ2n) is 8.97. The Labute approximate surface area is 200 Å². The third-order valence-electron chi connectivity index (χ3n) is 6.97. The lowest BCUT2D eigenvalue weighted by Gasteiger charge is -2.38. The van der Waals surface area contributed by atoms with Crippen LogP contribution in [-0.4, -0.2) is 72.4 Å². The van der Waals surface area contributed by atoms with E-state index < -0.39 is 0 Å². The second-order valence-corrected chi connectivity index (χ2v) is 9.38. The molecule has 0 aliphatic carbocycles. The summed E-state index contributed by atoms with van der Waals surface area (Å²) in [5.41, 5.74) is 4.35. The van der Waals surface area contributed by atoms with Gasteiger partial charge >= 0.3 is 0 Å². The zero-order chi connectivity index (χ0) is 23.4. The Morgan fingerprint density at radius 2 is 2.00 bits per heavy atom. The molecule has 0 spiro atoms. The first kappa shape index (κ1) is 24.1. The van der Waals surface area contributed by atoms with E-state index >= 15 is 0 Å². The van der Waals surface area contributed by atoms with Gasteiger partial charge in [0.1, 0.15) is 12.0 Å². The molecule has 2 aliphatic heterocycles. The number of rotatable bonds is 6. The molecule has 1 amide bonds. The van der Waals surface area contributed by atoms with Crippen molar-refractivity contribution in [2.24, 2.45) is 0 Å². The van der Waals surface area contributed by atoms with Crippen molar-refractivity contribution in [2.75, 3.05) is 33.4 Å². The molecule has 2 atom stereocenters. The number of likely N-dealkylation sites (tertiary alicyclic amines) is 1. The van der Waals surface area contributed by atoms with E-state index in [0.29, 0.717) is 43.9 Å².